The Morgan fingerprint density at radius 1 is 1.06 bits per heavy atom. The Balaban J connectivity index is 1.41. The lowest BCUT2D eigenvalue weighted by molar-refractivity contribution is -0.123. The molecule has 0 bridgehead atoms. The molecule has 5 nitrogen and oxygen atoms in total. The predicted molar refractivity (Wildman–Crippen MR) is 129 cm³/mol. The Labute approximate surface area is 192 Å². The first kappa shape index (κ1) is 22.8. The average Bonchev–Trinajstić information content (AvgIpc) is 2.88. The number of hydrogen-bond acceptors (Lipinski definition) is 4. The Morgan fingerprint density at radius 3 is 2.47 bits per heavy atom. The van der Waals surface area contributed by atoms with Gasteiger partial charge in [-0.1, -0.05) is 43.5 Å². The number of nitrogens with zero attached hydrogens (tertiary/aromatic N) is 3. The number of likely N-dealkylation sites (tertiary alicyclic amines) is 1. The second kappa shape index (κ2) is 11.0. The highest BCUT2D eigenvalue weighted by Crippen LogP contribution is 2.35. The minimum atomic E-state index is 0.147. The molecule has 1 saturated carbocycles. The van der Waals surface area contributed by atoms with Crippen molar-refractivity contribution in [3.8, 4) is 5.75 Å². The molecule has 0 spiro atoms. The number of carbonyl (C=O) groups is 1. The fourth-order valence-electron chi connectivity index (χ4n) is 5.41. The van der Waals surface area contributed by atoms with E-state index in [1.807, 2.05) is 29.2 Å². The van der Waals surface area contributed by atoms with Crippen molar-refractivity contribution in [2.45, 2.75) is 63.8 Å². The average molecular weight is 436 g/mol. The van der Waals surface area contributed by atoms with Crippen molar-refractivity contribution in [3.63, 3.8) is 0 Å². The number of pyridine rings is 1. The van der Waals surface area contributed by atoms with Crippen LogP contribution in [0, 0.1) is 5.92 Å². The summed E-state index contributed by atoms with van der Waals surface area (Å²) in [6.45, 7) is 5.04. The van der Waals surface area contributed by atoms with Crippen molar-refractivity contribution in [2.24, 2.45) is 5.92 Å². The molecule has 0 radical (unpaired) electrons. The Hall–Kier alpha value is -2.40. The molecule has 1 aliphatic carbocycles. The number of ether oxygens (including phenoxy) is 1. The van der Waals surface area contributed by atoms with Crippen LogP contribution in [-0.4, -0.2) is 48.6 Å². The van der Waals surface area contributed by atoms with Crippen LogP contribution in [0.2, 0.25) is 0 Å². The molecular weight excluding hydrogens is 398 g/mol. The number of amides is 1. The third kappa shape index (κ3) is 5.32. The molecule has 5 heteroatoms. The summed E-state index contributed by atoms with van der Waals surface area (Å²) in [7, 11) is 1.76. The van der Waals surface area contributed by atoms with E-state index in [0.717, 1.165) is 50.3 Å². The lowest BCUT2D eigenvalue weighted by atomic mass is 9.87. The van der Waals surface area contributed by atoms with Crippen molar-refractivity contribution < 1.29 is 9.53 Å². The first-order valence-corrected chi connectivity index (χ1v) is 12.3. The van der Waals surface area contributed by atoms with Gasteiger partial charge in [-0.05, 0) is 75.4 Å². The van der Waals surface area contributed by atoms with Gasteiger partial charge in [0.25, 0.3) is 0 Å². The van der Waals surface area contributed by atoms with Crippen LogP contribution in [0.3, 0.4) is 0 Å². The van der Waals surface area contributed by atoms with Gasteiger partial charge in [0, 0.05) is 24.7 Å². The van der Waals surface area contributed by atoms with Crippen LogP contribution in [0.1, 0.15) is 63.4 Å². The number of hydrogen-bond donors (Lipinski definition) is 0. The number of rotatable bonds is 7. The van der Waals surface area contributed by atoms with Crippen LogP contribution in [0.4, 0.5) is 5.82 Å². The first-order chi connectivity index (χ1) is 15.7. The lowest BCUT2D eigenvalue weighted by Crippen LogP contribution is -2.49. The minimum Gasteiger partial charge on any atom is -0.496 e. The van der Waals surface area contributed by atoms with E-state index in [-0.39, 0.29) is 11.8 Å². The SMILES string of the molecule is COc1ccccc1C1CCN(C(C)CN(C(=O)C2CCCCC2)c2ccccn2)CC1. The zero-order valence-electron chi connectivity index (χ0n) is 19.6. The van der Waals surface area contributed by atoms with Crippen LogP contribution >= 0.6 is 0 Å². The Bertz CT molecular complexity index is 858. The second-order valence-corrected chi connectivity index (χ2v) is 9.37. The molecule has 1 aliphatic heterocycles. The van der Waals surface area contributed by atoms with Gasteiger partial charge in [0.1, 0.15) is 11.6 Å². The molecule has 1 saturated heterocycles. The lowest BCUT2D eigenvalue weighted by Gasteiger charge is -2.39. The Morgan fingerprint density at radius 2 is 1.78 bits per heavy atom. The van der Waals surface area contributed by atoms with E-state index in [1.165, 1.54) is 24.8 Å². The number of carbonyl (C=O) groups excluding carboxylic acids is 1. The molecule has 1 unspecified atom stereocenters. The molecule has 172 valence electrons. The smallest absolute Gasteiger partial charge is 0.231 e. The predicted octanol–water partition coefficient (Wildman–Crippen LogP) is 5.27. The molecule has 4 rings (SSSR count). The van der Waals surface area contributed by atoms with E-state index >= 15 is 0 Å². The summed E-state index contributed by atoms with van der Waals surface area (Å²) in [5, 5.41) is 0. The molecule has 2 heterocycles. The maximum absolute atomic E-state index is 13.5. The van der Waals surface area contributed by atoms with Crippen LogP contribution < -0.4 is 9.64 Å². The summed E-state index contributed by atoms with van der Waals surface area (Å²) in [4.78, 5) is 22.5. The zero-order valence-corrected chi connectivity index (χ0v) is 19.6. The first-order valence-electron chi connectivity index (χ1n) is 12.3. The quantitative estimate of drug-likeness (QED) is 0.594. The third-order valence-corrected chi connectivity index (χ3v) is 7.32. The van der Waals surface area contributed by atoms with E-state index in [0.29, 0.717) is 18.5 Å². The van der Waals surface area contributed by atoms with Gasteiger partial charge in [0.2, 0.25) is 5.91 Å². The molecule has 2 aliphatic rings. The largest absolute Gasteiger partial charge is 0.496 e. The van der Waals surface area contributed by atoms with E-state index in [2.05, 4.69) is 35.0 Å². The van der Waals surface area contributed by atoms with Crippen LogP contribution in [0.15, 0.2) is 48.7 Å². The number of benzene rings is 1. The fraction of sp³-hybridized carbons (Fsp3) is 0.556. The normalized spacial score (nSPS) is 19.4. The minimum absolute atomic E-state index is 0.147. The number of methoxy groups -OCH3 is 1. The maximum atomic E-state index is 13.5. The van der Waals surface area contributed by atoms with Crippen molar-refractivity contribution in [1.82, 2.24) is 9.88 Å². The van der Waals surface area contributed by atoms with Gasteiger partial charge in [0.05, 0.1) is 7.11 Å². The second-order valence-electron chi connectivity index (χ2n) is 9.37. The maximum Gasteiger partial charge on any atom is 0.231 e. The standard InChI is InChI=1S/C27H37N3O2/c1-21(29-18-15-22(16-19-29)24-12-6-7-13-25(24)32-2)20-30(26-14-8-9-17-28-26)27(31)23-10-4-3-5-11-23/h6-9,12-14,17,21-23H,3-5,10-11,15-16,18-20H2,1-2H3. The van der Waals surface area contributed by atoms with Crippen LogP contribution in [-0.2, 0) is 4.79 Å². The number of piperidine rings is 1. The summed E-state index contributed by atoms with van der Waals surface area (Å²) in [5.74, 6) is 2.73. The monoisotopic (exact) mass is 435 g/mol. The number of aromatic nitrogens is 1. The molecule has 1 amide bonds. The van der Waals surface area contributed by atoms with E-state index in [4.69, 9.17) is 4.74 Å². The molecule has 1 atom stereocenters. The van der Waals surface area contributed by atoms with Crippen molar-refractivity contribution in [2.75, 3.05) is 31.6 Å². The van der Waals surface area contributed by atoms with Gasteiger partial charge < -0.3 is 4.74 Å². The van der Waals surface area contributed by atoms with Crippen molar-refractivity contribution in [3.05, 3.63) is 54.2 Å². The summed E-state index contributed by atoms with van der Waals surface area (Å²) in [5.41, 5.74) is 1.32. The van der Waals surface area contributed by atoms with Crippen LogP contribution in [0.5, 0.6) is 5.75 Å². The molecule has 2 aromatic rings. The molecular formula is C27H37N3O2. The van der Waals surface area contributed by atoms with Gasteiger partial charge >= 0.3 is 0 Å². The van der Waals surface area contributed by atoms with E-state index in [1.54, 1.807) is 13.3 Å². The van der Waals surface area contributed by atoms with Gasteiger partial charge in [-0.25, -0.2) is 4.98 Å². The molecule has 1 aromatic carbocycles. The summed E-state index contributed by atoms with van der Waals surface area (Å²) >= 11 is 0. The fourth-order valence-corrected chi connectivity index (χ4v) is 5.41. The van der Waals surface area contributed by atoms with E-state index < -0.39 is 0 Å². The van der Waals surface area contributed by atoms with E-state index in [9.17, 15) is 4.79 Å². The van der Waals surface area contributed by atoms with Gasteiger partial charge in [0.15, 0.2) is 0 Å². The summed E-state index contributed by atoms with van der Waals surface area (Å²) in [6.07, 6.45) is 9.64. The number of anilines is 1. The highest BCUT2D eigenvalue weighted by molar-refractivity contribution is 5.94. The highest BCUT2D eigenvalue weighted by atomic mass is 16.5. The zero-order chi connectivity index (χ0) is 22.3. The molecule has 1 aromatic heterocycles. The van der Waals surface area contributed by atoms with Crippen molar-refractivity contribution >= 4 is 11.7 Å². The Kier molecular flexibility index (Phi) is 7.80. The van der Waals surface area contributed by atoms with Gasteiger partial charge in [-0.2, -0.15) is 0 Å². The molecule has 2 fully saturated rings. The summed E-state index contributed by atoms with van der Waals surface area (Å²) < 4.78 is 5.59. The topological polar surface area (TPSA) is 45.7 Å². The highest BCUT2D eigenvalue weighted by Gasteiger charge is 2.31. The van der Waals surface area contributed by atoms with Crippen molar-refractivity contribution in [1.29, 1.82) is 0 Å². The van der Waals surface area contributed by atoms with Crippen LogP contribution in [0.25, 0.3) is 0 Å². The number of para-hydroxylation sites is 1. The van der Waals surface area contributed by atoms with Gasteiger partial charge in [-0.3, -0.25) is 14.6 Å². The summed E-state index contributed by atoms with van der Waals surface area (Å²) in [6, 6.07) is 14.6. The molecule has 0 N–H and O–H groups in total. The molecule has 32 heavy (non-hydrogen) atoms. The third-order valence-electron chi connectivity index (χ3n) is 7.32. The van der Waals surface area contributed by atoms with Gasteiger partial charge in [-0.15, -0.1) is 0 Å².